The number of nitrogens with zero attached hydrogens (tertiary/aromatic N) is 3. The van der Waals surface area contributed by atoms with Gasteiger partial charge in [-0.1, -0.05) is 54.2 Å². The molecule has 1 amide bonds. The molecule has 1 unspecified atom stereocenters. The summed E-state index contributed by atoms with van der Waals surface area (Å²) in [6.45, 7) is 1.67. The molecule has 2 aromatic carbocycles. The van der Waals surface area contributed by atoms with E-state index in [9.17, 15) is 18.0 Å². The third-order valence-electron chi connectivity index (χ3n) is 4.86. The zero-order valence-corrected chi connectivity index (χ0v) is 17.2. The molecular weight excluding hydrogens is 427 g/mol. The van der Waals surface area contributed by atoms with Gasteiger partial charge in [0.15, 0.2) is 0 Å². The summed E-state index contributed by atoms with van der Waals surface area (Å²) in [5, 5.41) is 8.00. The minimum atomic E-state index is -4.45. The number of nitrogens with one attached hydrogen (secondary N) is 1. The molecule has 1 atom stereocenters. The van der Waals surface area contributed by atoms with Crippen molar-refractivity contribution in [3.05, 3.63) is 82.6 Å². The molecule has 10 heteroatoms. The Balaban J connectivity index is 1.69. The largest absolute Gasteiger partial charge is 0.416 e. The van der Waals surface area contributed by atoms with Crippen LogP contribution in [-0.2, 0) is 16.7 Å². The molecule has 1 aliphatic heterocycles. The van der Waals surface area contributed by atoms with E-state index >= 15 is 0 Å². The molecule has 0 bridgehead atoms. The van der Waals surface area contributed by atoms with Crippen molar-refractivity contribution in [1.82, 2.24) is 14.8 Å². The number of benzene rings is 2. The quantitative estimate of drug-likeness (QED) is 0.570. The lowest BCUT2D eigenvalue weighted by molar-refractivity contribution is -0.137. The van der Waals surface area contributed by atoms with E-state index in [1.807, 2.05) is 30.3 Å². The molecule has 3 N–H and O–H groups in total. The van der Waals surface area contributed by atoms with Crippen molar-refractivity contribution in [2.75, 3.05) is 5.32 Å². The first kappa shape index (κ1) is 21.0. The fraction of sp³-hybridized carbons (Fsp3) is 0.190. The molecule has 160 valence electrons. The third-order valence-corrected chi connectivity index (χ3v) is 5.77. The van der Waals surface area contributed by atoms with Gasteiger partial charge >= 0.3 is 6.18 Å². The molecule has 6 nitrogen and oxygen atoms in total. The number of amides is 1. The van der Waals surface area contributed by atoms with E-state index in [0.29, 0.717) is 28.1 Å². The molecule has 0 aliphatic carbocycles. The maximum Gasteiger partial charge on any atom is 0.416 e. The summed E-state index contributed by atoms with van der Waals surface area (Å²) in [6.07, 6.45) is -4.45. The van der Waals surface area contributed by atoms with Crippen LogP contribution in [0.3, 0.4) is 0 Å². The molecule has 1 aromatic heterocycles. The number of anilines is 1. The van der Waals surface area contributed by atoms with Gasteiger partial charge in [-0.3, -0.25) is 4.79 Å². The molecule has 3 aromatic rings. The number of aromatic nitrogens is 3. The fourth-order valence-electron chi connectivity index (χ4n) is 3.40. The van der Waals surface area contributed by atoms with Gasteiger partial charge in [0.25, 0.3) is 0 Å². The van der Waals surface area contributed by atoms with Crippen molar-refractivity contribution in [1.29, 1.82) is 0 Å². The summed E-state index contributed by atoms with van der Waals surface area (Å²) in [6, 6.07) is 13.6. The van der Waals surface area contributed by atoms with Crippen molar-refractivity contribution in [3.8, 4) is 0 Å². The first-order valence-electron chi connectivity index (χ1n) is 9.32. The summed E-state index contributed by atoms with van der Waals surface area (Å²) in [4.78, 5) is 16.7. The molecular formula is C21H18F3N5OS. The number of carbonyl (C=O) groups excluding carboxylic acids is 1. The maximum absolute atomic E-state index is 13.0. The Bertz CT molecular complexity index is 1140. The van der Waals surface area contributed by atoms with Crippen LogP contribution in [0.25, 0.3) is 0 Å². The van der Waals surface area contributed by atoms with Crippen LogP contribution in [0.15, 0.2) is 71.0 Å². The Labute approximate surface area is 180 Å². The number of hydrogen-bond donors (Lipinski definition) is 2. The summed E-state index contributed by atoms with van der Waals surface area (Å²) in [7, 11) is 0. The predicted molar refractivity (Wildman–Crippen MR) is 111 cm³/mol. The van der Waals surface area contributed by atoms with Gasteiger partial charge in [0.05, 0.1) is 11.1 Å². The normalized spacial score (nSPS) is 16.1. The van der Waals surface area contributed by atoms with Crippen LogP contribution in [0.4, 0.5) is 19.1 Å². The topological polar surface area (TPSA) is 85.8 Å². The van der Waals surface area contributed by atoms with Crippen LogP contribution in [-0.4, -0.2) is 20.7 Å². The molecule has 0 radical (unpaired) electrons. The minimum Gasteiger partial charge on any atom is -0.366 e. The van der Waals surface area contributed by atoms with E-state index in [2.05, 4.69) is 15.4 Å². The summed E-state index contributed by atoms with van der Waals surface area (Å²) >= 11 is 1.41. The van der Waals surface area contributed by atoms with Gasteiger partial charge in [0, 0.05) is 11.4 Å². The number of carbonyl (C=O) groups is 1. The van der Waals surface area contributed by atoms with Crippen LogP contribution >= 0.6 is 11.8 Å². The number of alkyl halides is 3. The molecule has 4 rings (SSSR count). The SMILES string of the molecule is CC1=C(C(N)=O)C(c2ccc(C(F)(F)F)cc2)n2nc(SCc3ccccc3)nc2N1. The van der Waals surface area contributed by atoms with E-state index in [0.717, 1.165) is 17.7 Å². The van der Waals surface area contributed by atoms with Gasteiger partial charge in [-0.05, 0) is 30.2 Å². The Kier molecular flexibility index (Phi) is 5.48. The lowest BCUT2D eigenvalue weighted by Gasteiger charge is -2.27. The number of primary amides is 1. The van der Waals surface area contributed by atoms with Crippen molar-refractivity contribution in [3.63, 3.8) is 0 Å². The zero-order chi connectivity index (χ0) is 22.2. The monoisotopic (exact) mass is 445 g/mol. The molecule has 0 fully saturated rings. The number of fused-ring (bicyclic) bond motifs is 1. The van der Waals surface area contributed by atoms with E-state index in [1.165, 1.54) is 28.6 Å². The molecule has 2 heterocycles. The fourth-order valence-corrected chi connectivity index (χ4v) is 4.18. The third kappa shape index (κ3) is 4.29. The Hall–Kier alpha value is -3.27. The Morgan fingerprint density at radius 3 is 2.45 bits per heavy atom. The summed E-state index contributed by atoms with van der Waals surface area (Å²) < 4.78 is 40.4. The second-order valence-corrected chi connectivity index (χ2v) is 7.93. The lowest BCUT2D eigenvalue weighted by atomic mass is 9.94. The molecule has 0 saturated heterocycles. The highest BCUT2D eigenvalue weighted by molar-refractivity contribution is 7.98. The van der Waals surface area contributed by atoms with Gasteiger partial charge in [0.1, 0.15) is 6.04 Å². The first-order chi connectivity index (χ1) is 14.7. The molecule has 31 heavy (non-hydrogen) atoms. The van der Waals surface area contributed by atoms with Crippen molar-refractivity contribution < 1.29 is 18.0 Å². The highest BCUT2D eigenvalue weighted by Gasteiger charge is 2.35. The summed E-state index contributed by atoms with van der Waals surface area (Å²) in [5.74, 6) is 0.349. The van der Waals surface area contributed by atoms with Crippen LogP contribution in [0.1, 0.15) is 29.7 Å². The molecule has 0 saturated carbocycles. The highest BCUT2D eigenvalue weighted by Crippen LogP contribution is 2.37. The predicted octanol–water partition coefficient (Wildman–Crippen LogP) is 4.36. The van der Waals surface area contributed by atoms with Gasteiger partial charge < -0.3 is 11.1 Å². The van der Waals surface area contributed by atoms with Crippen molar-refractivity contribution in [2.24, 2.45) is 5.73 Å². The number of rotatable bonds is 5. The minimum absolute atomic E-state index is 0.219. The average molecular weight is 445 g/mol. The van der Waals surface area contributed by atoms with Crippen LogP contribution in [0.2, 0.25) is 0 Å². The average Bonchev–Trinajstić information content (AvgIpc) is 3.13. The Morgan fingerprint density at radius 2 is 1.84 bits per heavy atom. The van der Waals surface area contributed by atoms with Gasteiger partial charge in [-0.25, -0.2) is 4.68 Å². The standard InChI is InChI=1S/C21H18F3N5OS/c1-12-16(18(25)30)17(14-7-9-15(10-8-14)21(22,23)24)29-19(26-12)27-20(28-29)31-11-13-5-3-2-4-6-13/h2-10,17H,11H2,1H3,(H2,25,30)(H,26,27,28). The maximum atomic E-state index is 13.0. The molecule has 0 spiro atoms. The number of allylic oxidation sites excluding steroid dienone is 1. The zero-order valence-electron chi connectivity index (χ0n) is 16.3. The van der Waals surface area contributed by atoms with Crippen LogP contribution in [0, 0.1) is 0 Å². The summed E-state index contributed by atoms with van der Waals surface area (Å²) in [5.41, 5.74) is 7.08. The lowest BCUT2D eigenvalue weighted by Crippen LogP contribution is -2.31. The van der Waals surface area contributed by atoms with E-state index in [-0.39, 0.29) is 5.57 Å². The molecule has 1 aliphatic rings. The number of thioether (sulfide) groups is 1. The second-order valence-electron chi connectivity index (χ2n) is 6.99. The van der Waals surface area contributed by atoms with Gasteiger partial charge in [0.2, 0.25) is 17.0 Å². The Morgan fingerprint density at radius 1 is 1.16 bits per heavy atom. The van der Waals surface area contributed by atoms with Crippen molar-refractivity contribution >= 4 is 23.6 Å². The smallest absolute Gasteiger partial charge is 0.366 e. The van der Waals surface area contributed by atoms with E-state index in [4.69, 9.17) is 5.73 Å². The van der Waals surface area contributed by atoms with E-state index in [1.54, 1.807) is 6.92 Å². The second kappa shape index (κ2) is 8.10. The number of halogens is 3. The highest BCUT2D eigenvalue weighted by atomic mass is 32.2. The van der Waals surface area contributed by atoms with E-state index < -0.39 is 23.7 Å². The van der Waals surface area contributed by atoms with Crippen molar-refractivity contribution in [2.45, 2.75) is 30.1 Å². The number of hydrogen-bond acceptors (Lipinski definition) is 5. The number of nitrogens with two attached hydrogens (primary N) is 1. The van der Waals surface area contributed by atoms with Crippen LogP contribution < -0.4 is 11.1 Å². The van der Waals surface area contributed by atoms with Gasteiger partial charge in [-0.2, -0.15) is 18.2 Å². The first-order valence-corrected chi connectivity index (χ1v) is 10.3. The van der Waals surface area contributed by atoms with Crippen LogP contribution in [0.5, 0.6) is 0 Å². The van der Waals surface area contributed by atoms with Gasteiger partial charge in [-0.15, -0.1) is 5.10 Å².